The summed E-state index contributed by atoms with van der Waals surface area (Å²) in [4.78, 5) is 11.6. The molecule has 0 fully saturated rings. The van der Waals surface area contributed by atoms with Crippen molar-refractivity contribution in [3.63, 3.8) is 0 Å². The van der Waals surface area contributed by atoms with Crippen molar-refractivity contribution in [2.75, 3.05) is 0 Å². The van der Waals surface area contributed by atoms with Crippen LogP contribution < -0.4 is 9.81 Å². The van der Waals surface area contributed by atoms with Crippen LogP contribution in [0.5, 0.6) is 5.75 Å². The Hall–Kier alpha value is -2.31. The molecule has 1 heterocycles. The average molecular weight is 379 g/mol. The van der Waals surface area contributed by atoms with Gasteiger partial charge in [0.25, 0.3) is 0 Å². The molecule has 0 radical (unpaired) electrons. The summed E-state index contributed by atoms with van der Waals surface area (Å²) in [5.74, 6) is 0.154. The lowest BCUT2D eigenvalue weighted by Crippen LogP contribution is -2.10. The first-order valence-corrected chi connectivity index (χ1v) is 9.33. The zero-order chi connectivity index (χ0) is 18.2. The van der Waals surface area contributed by atoms with E-state index < -0.39 is 15.7 Å². The van der Waals surface area contributed by atoms with Crippen LogP contribution in [-0.4, -0.2) is 8.42 Å². The number of benzene rings is 2. The first-order chi connectivity index (χ1) is 11.8. The van der Waals surface area contributed by atoms with Crippen LogP contribution in [0, 0.1) is 0 Å². The maximum Gasteiger partial charge on any atom is 0.340 e. The van der Waals surface area contributed by atoms with Crippen molar-refractivity contribution in [3.8, 4) is 5.75 Å². The van der Waals surface area contributed by atoms with Gasteiger partial charge in [-0.15, -0.1) is 0 Å². The summed E-state index contributed by atoms with van der Waals surface area (Å²) in [5.41, 5.74) is 0.595. The summed E-state index contributed by atoms with van der Waals surface area (Å²) in [6, 6.07) is 12.0. The highest BCUT2D eigenvalue weighted by Crippen LogP contribution is 2.29. The van der Waals surface area contributed by atoms with Crippen molar-refractivity contribution < 1.29 is 17.0 Å². The zero-order valence-electron chi connectivity index (χ0n) is 13.5. The lowest BCUT2D eigenvalue weighted by Gasteiger charge is -2.11. The molecule has 0 aliphatic carbocycles. The minimum absolute atomic E-state index is 0.0384. The van der Waals surface area contributed by atoms with Crippen molar-refractivity contribution in [3.05, 3.63) is 69.5 Å². The Bertz CT molecular complexity index is 1100. The lowest BCUT2D eigenvalue weighted by molar-refractivity contribution is 0.485. The normalized spacial score (nSPS) is 11.8. The van der Waals surface area contributed by atoms with Crippen molar-refractivity contribution in [1.29, 1.82) is 0 Å². The first-order valence-electron chi connectivity index (χ1n) is 7.55. The van der Waals surface area contributed by atoms with Crippen LogP contribution in [0.2, 0.25) is 5.02 Å². The van der Waals surface area contributed by atoms with E-state index >= 15 is 0 Å². The number of hydrogen-bond acceptors (Lipinski definition) is 5. The van der Waals surface area contributed by atoms with Gasteiger partial charge in [0, 0.05) is 17.5 Å². The zero-order valence-corrected chi connectivity index (χ0v) is 15.1. The van der Waals surface area contributed by atoms with Gasteiger partial charge in [-0.05, 0) is 35.7 Å². The monoisotopic (exact) mass is 378 g/mol. The van der Waals surface area contributed by atoms with Crippen LogP contribution in [-0.2, 0) is 10.1 Å². The number of rotatable bonds is 4. The molecule has 0 saturated heterocycles. The highest BCUT2D eigenvalue weighted by atomic mass is 35.5. The lowest BCUT2D eigenvalue weighted by atomic mass is 10.00. The van der Waals surface area contributed by atoms with Crippen LogP contribution in [0.4, 0.5) is 0 Å². The molecule has 0 amide bonds. The van der Waals surface area contributed by atoms with Crippen molar-refractivity contribution in [1.82, 2.24) is 0 Å². The maximum absolute atomic E-state index is 12.4. The molecule has 130 valence electrons. The Morgan fingerprint density at radius 2 is 1.80 bits per heavy atom. The van der Waals surface area contributed by atoms with Crippen LogP contribution in [0.25, 0.3) is 11.0 Å². The molecule has 0 saturated carbocycles. The van der Waals surface area contributed by atoms with Gasteiger partial charge < -0.3 is 8.60 Å². The highest BCUT2D eigenvalue weighted by Gasteiger charge is 2.20. The van der Waals surface area contributed by atoms with E-state index in [1.807, 2.05) is 13.8 Å². The second-order valence-electron chi connectivity index (χ2n) is 5.80. The van der Waals surface area contributed by atoms with Gasteiger partial charge >= 0.3 is 15.7 Å². The van der Waals surface area contributed by atoms with Crippen LogP contribution in [0.3, 0.4) is 0 Å². The van der Waals surface area contributed by atoms with Crippen molar-refractivity contribution >= 4 is 32.7 Å². The van der Waals surface area contributed by atoms with Gasteiger partial charge in [-0.25, -0.2) is 4.79 Å². The smallest absolute Gasteiger partial charge is 0.340 e. The topological polar surface area (TPSA) is 73.6 Å². The van der Waals surface area contributed by atoms with Crippen molar-refractivity contribution in [2.24, 2.45) is 0 Å². The molecule has 0 unspecified atom stereocenters. The first kappa shape index (κ1) is 17.5. The second kappa shape index (κ2) is 6.54. The molecule has 2 aromatic carbocycles. The quantitative estimate of drug-likeness (QED) is 0.498. The summed E-state index contributed by atoms with van der Waals surface area (Å²) in [7, 11) is -4.10. The predicted molar refractivity (Wildman–Crippen MR) is 95.8 cm³/mol. The van der Waals surface area contributed by atoms with Gasteiger partial charge in [-0.1, -0.05) is 37.6 Å². The van der Waals surface area contributed by atoms with Gasteiger partial charge in [-0.2, -0.15) is 8.42 Å². The summed E-state index contributed by atoms with van der Waals surface area (Å²) >= 11 is 5.93. The fourth-order valence-electron chi connectivity index (χ4n) is 2.52. The van der Waals surface area contributed by atoms with E-state index in [-0.39, 0.29) is 27.2 Å². The molecule has 25 heavy (non-hydrogen) atoms. The fourth-order valence-corrected chi connectivity index (χ4v) is 3.93. The van der Waals surface area contributed by atoms with E-state index in [0.717, 1.165) is 10.9 Å². The third-order valence-electron chi connectivity index (χ3n) is 3.68. The van der Waals surface area contributed by atoms with Crippen LogP contribution >= 0.6 is 11.6 Å². The van der Waals surface area contributed by atoms with Crippen LogP contribution in [0.1, 0.15) is 25.3 Å². The van der Waals surface area contributed by atoms with E-state index in [4.69, 9.17) is 20.2 Å². The van der Waals surface area contributed by atoms with E-state index in [1.165, 1.54) is 30.3 Å². The molecule has 1 aromatic heterocycles. The summed E-state index contributed by atoms with van der Waals surface area (Å²) in [6.45, 7) is 3.92. The molecule has 0 atom stereocenters. The Morgan fingerprint density at radius 3 is 2.48 bits per heavy atom. The van der Waals surface area contributed by atoms with E-state index in [1.54, 1.807) is 18.2 Å². The summed E-state index contributed by atoms with van der Waals surface area (Å²) in [5, 5.41) is 0.800. The highest BCUT2D eigenvalue weighted by molar-refractivity contribution is 7.87. The molecule has 0 bridgehead atoms. The largest absolute Gasteiger partial charge is 0.423 e. The van der Waals surface area contributed by atoms with Crippen molar-refractivity contribution in [2.45, 2.75) is 24.7 Å². The van der Waals surface area contributed by atoms with E-state index in [2.05, 4.69) is 0 Å². The molecule has 0 spiro atoms. The predicted octanol–water partition coefficient (Wildman–Crippen LogP) is 4.34. The number of hydrogen-bond donors (Lipinski definition) is 0. The average Bonchev–Trinajstić information content (AvgIpc) is 2.53. The third kappa shape index (κ3) is 3.55. The van der Waals surface area contributed by atoms with Gasteiger partial charge in [0.1, 0.15) is 16.2 Å². The Labute approximate surface area is 149 Å². The van der Waals surface area contributed by atoms with Crippen LogP contribution in [0.15, 0.2) is 62.6 Å². The van der Waals surface area contributed by atoms with Gasteiger partial charge in [0.2, 0.25) is 0 Å². The molecule has 0 N–H and O–H groups in total. The number of halogens is 1. The van der Waals surface area contributed by atoms with Gasteiger partial charge in [0.15, 0.2) is 0 Å². The Balaban J connectivity index is 2.06. The maximum atomic E-state index is 12.4. The van der Waals surface area contributed by atoms with Gasteiger partial charge in [0.05, 0.1) is 5.02 Å². The molecular formula is C18H15ClO5S. The van der Waals surface area contributed by atoms with Gasteiger partial charge in [-0.3, -0.25) is 0 Å². The Morgan fingerprint density at radius 1 is 1.08 bits per heavy atom. The summed E-state index contributed by atoms with van der Waals surface area (Å²) < 4.78 is 35.1. The SMILES string of the molecule is CC(C)c1cc(=O)oc2cc(OS(=O)(=O)c3ccccc3Cl)ccc12. The molecule has 5 nitrogen and oxygen atoms in total. The molecule has 7 heteroatoms. The fraction of sp³-hybridized carbons (Fsp3) is 0.167. The van der Waals surface area contributed by atoms with E-state index in [9.17, 15) is 13.2 Å². The molecular weight excluding hydrogens is 364 g/mol. The molecule has 0 aliphatic heterocycles. The minimum Gasteiger partial charge on any atom is -0.423 e. The number of fused-ring (bicyclic) bond motifs is 1. The minimum atomic E-state index is -4.10. The third-order valence-corrected chi connectivity index (χ3v) is 5.43. The molecule has 3 aromatic rings. The summed E-state index contributed by atoms with van der Waals surface area (Å²) in [6.07, 6.45) is 0. The Kier molecular flexibility index (Phi) is 4.58. The second-order valence-corrected chi connectivity index (χ2v) is 7.72. The molecule has 3 rings (SSSR count). The standard InChI is InChI=1S/C18H15ClO5S/c1-11(2)14-10-18(20)23-16-9-12(7-8-13(14)16)24-25(21,22)17-6-4-3-5-15(17)19/h3-11H,1-2H3. The van der Waals surface area contributed by atoms with E-state index in [0.29, 0.717) is 0 Å². The molecule has 0 aliphatic rings.